The molecule has 0 aliphatic rings. The third kappa shape index (κ3) is 2.49. The second-order valence-corrected chi connectivity index (χ2v) is 3.61. The number of aromatic nitrogens is 4. The lowest BCUT2D eigenvalue weighted by Gasteiger charge is -2.03. The third-order valence-corrected chi connectivity index (χ3v) is 2.47. The van der Waals surface area contributed by atoms with Crippen LogP contribution in [-0.4, -0.2) is 19.6 Å². The molecule has 2 heterocycles. The van der Waals surface area contributed by atoms with E-state index in [1.54, 1.807) is 27.7 Å². The fourth-order valence-electron chi connectivity index (χ4n) is 1.36. The molecule has 0 amide bonds. The number of pyridine rings is 1. The standard InChI is InChI=1S/C10H11ClN4O/c11-7-9-8-15(13-12-9)6-5-14-4-2-1-3-10(14)16/h1-4,8H,5-7H2. The summed E-state index contributed by atoms with van der Waals surface area (Å²) in [6, 6.07) is 5.08. The largest absolute Gasteiger partial charge is 0.314 e. The van der Waals surface area contributed by atoms with Crippen molar-refractivity contribution >= 4 is 11.6 Å². The molecular weight excluding hydrogens is 228 g/mol. The van der Waals surface area contributed by atoms with Crippen molar-refractivity contribution in [2.45, 2.75) is 19.0 Å². The van der Waals surface area contributed by atoms with E-state index < -0.39 is 0 Å². The Morgan fingerprint density at radius 1 is 1.31 bits per heavy atom. The van der Waals surface area contributed by atoms with Gasteiger partial charge in [-0.15, -0.1) is 16.7 Å². The van der Waals surface area contributed by atoms with Crippen LogP contribution in [0.2, 0.25) is 0 Å². The third-order valence-electron chi connectivity index (χ3n) is 2.19. The fraction of sp³-hybridized carbons (Fsp3) is 0.300. The van der Waals surface area contributed by atoms with Crippen LogP contribution in [0.4, 0.5) is 0 Å². The summed E-state index contributed by atoms with van der Waals surface area (Å²) in [6.07, 6.45) is 3.53. The molecule has 0 aromatic carbocycles. The lowest BCUT2D eigenvalue weighted by atomic mass is 10.4. The highest BCUT2D eigenvalue weighted by atomic mass is 35.5. The zero-order valence-electron chi connectivity index (χ0n) is 8.58. The molecule has 0 atom stereocenters. The van der Waals surface area contributed by atoms with Crippen molar-refractivity contribution in [3.8, 4) is 0 Å². The van der Waals surface area contributed by atoms with Gasteiger partial charge in [0.15, 0.2) is 0 Å². The molecule has 0 radical (unpaired) electrons. The molecule has 0 aliphatic carbocycles. The molecule has 0 saturated carbocycles. The van der Waals surface area contributed by atoms with E-state index in [1.165, 1.54) is 6.07 Å². The Balaban J connectivity index is 2.02. The van der Waals surface area contributed by atoms with Crippen LogP contribution in [0.1, 0.15) is 5.69 Å². The van der Waals surface area contributed by atoms with Gasteiger partial charge in [-0.3, -0.25) is 9.48 Å². The maximum absolute atomic E-state index is 11.4. The SMILES string of the molecule is O=c1ccccn1CCn1cc(CCl)nn1. The van der Waals surface area contributed by atoms with Crippen molar-refractivity contribution in [1.29, 1.82) is 0 Å². The highest BCUT2D eigenvalue weighted by Gasteiger charge is 1.99. The minimum atomic E-state index is -0.0137. The Morgan fingerprint density at radius 2 is 2.19 bits per heavy atom. The minimum absolute atomic E-state index is 0.0137. The van der Waals surface area contributed by atoms with E-state index in [-0.39, 0.29) is 5.56 Å². The van der Waals surface area contributed by atoms with Gasteiger partial charge in [0, 0.05) is 25.0 Å². The summed E-state index contributed by atoms with van der Waals surface area (Å²) < 4.78 is 3.30. The van der Waals surface area contributed by atoms with Gasteiger partial charge in [-0.1, -0.05) is 11.3 Å². The first-order valence-corrected chi connectivity index (χ1v) is 5.43. The first-order chi connectivity index (χ1) is 7.79. The number of halogens is 1. The topological polar surface area (TPSA) is 52.7 Å². The summed E-state index contributed by atoms with van der Waals surface area (Å²) >= 11 is 5.61. The van der Waals surface area contributed by atoms with E-state index in [4.69, 9.17) is 11.6 Å². The molecule has 84 valence electrons. The highest BCUT2D eigenvalue weighted by Crippen LogP contribution is 1.97. The first kappa shape index (κ1) is 10.9. The number of hydrogen-bond acceptors (Lipinski definition) is 3. The van der Waals surface area contributed by atoms with Crippen LogP contribution in [0.15, 0.2) is 35.4 Å². The van der Waals surface area contributed by atoms with E-state index >= 15 is 0 Å². The summed E-state index contributed by atoms with van der Waals surface area (Å²) in [6.45, 7) is 1.18. The molecule has 0 fully saturated rings. The summed E-state index contributed by atoms with van der Waals surface area (Å²) in [7, 11) is 0. The van der Waals surface area contributed by atoms with Gasteiger partial charge in [-0.05, 0) is 6.07 Å². The monoisotopic (exact) mass is 238 g/mol. The van der Waals surface area contributed by atoms with Crippen molar-refractivity contribution in [2.75, 3.05) is 0 Å². The fourth-order valence-corrected chi connectivity index (χ4v) is 1.49. The Kier molecular flexibility index (Phi) is 3.36. The normalized spacial score (nSPS) is 10.6. The van der Waals surface area contributed by atoms with Gasteiger partial charge in [0.1, 0.15) is 0 Å². The Hall–Kier alpha value is -1.62. The second kappa shape index (κ2) is 4.94. The average Bonchev–Trinajstić information content (AvgIpc) is 2.76. The number of alkyl halides is 1. The molecule has 5 nitrogen and oxygen atoms in total. The predicted molar refractivity (Wildman–Crippen MR) is 60.3 cm³/mol. The van der Waals surface area contributed by atoms with Crippen LogP contribution < -0.4 is 5.56 Å². The molecular formula is C10H11ClN4O. The molecule has 6 heteroatoms. The molecule has 0 saturated heterocycles. The maximum Gasteiger partial charge on any atom is 0.250 e. The second-order valence-electron chi connectivity index (χ2n) is 3.34. The summed E-state index contributed by atoms with van der Waals surface area (Å²) in [5.41, 5.74) is 0.724. The van der Waals surface area contributed by atoms with Gasteiger partial charge in [-0.2, -0.15) is 0 Å². The van der Waals surface area contributed by atoms with Crippen LogP contribution in [0.3, 0.4) is 0 Å². The Bertz CT molecular complexity index is 519. The molecule has 0 bridgehead atoms. The zero-order valence-corrected chi connectivity index (χ0v) is 9.34. The lowest BCUT2D eigenvalue weighted by molar-refractivity contribution is 0.511. The summed E-state index contributed by atoms with van der Waals surface area (Å²) in [5, 5.41) is 7.76. The van der Waals surface area contributed by atoms with Gasteiger partial charge in [0.25, 0.3) is 5.56 Å². The van der Waals surface area contributed by atoms with Crippen LogP contribution in [-0.2, 0) is 19.0 Å². The van der Waals surface area contributed by atoms with Crippen LogP contribution in [0, 0.1) is 0 Å². The highest BCUT2D eigenvalue weighted by molar-refractivity contribution is 6.16. The van der Waals surface area contributed by atoms with Gasteiger partial charge in [0.05, 0.1) is 18.1 Å². The molecule has 0 spiro atoms. The van der Waals surface area contributed by atoms with E-state index in [0.717, 1.165) is 5.69 Å². The van der Waals surface area contributed by atoms with Gasteiger partial charge in [-0.25, -0.2) is 0 Å². The van der Waals surface area contributed by atoms with E-state index in [2.05, 4.69) is 10.3 Å². The molecule has 2 aromatic rings. The first-order valence-electron chi connectivity index (χ1n) is 4.90. The molecule has 0 aliphatic heterocycles. The molecule has 2 rings (SSSR count). The van der Waals surface area contributed by atoms with E-state index in [1.807, 2.05) is 6.07 Å². The number of nitrogens with zero attached hydrogens (tertiary/aromatic N) is 4. The zero-order chi connectivity index (χ0) is 11.4. The van der Waals surface area contributed by atoms with Crippen LogP contribution in [0.5, 0.6) is 0 Å². The molecule has 16 heavy (non-hydrogen) atoms. The smallest absolute Gasteiger partial charge is 0.250 e. The summed E-state index contributed by atoms with van der Waals surface area (Å²) in [4.78, 5) is 11.4. The van der Waals surface area contributed by atoms with Crippen molar-refractivity contribution < 1.29 is 0 Å². The van der Waals surface area contributed by atoms with Crippen LogP contribution >= 0.6 is 11.6 Å². The Morgan fingerprint density at radius 3 is 2.88 bits per heavy atom. The maximum atomic E-state index is 11.4. The minimum Gasteiger partial charge on any atom is -0.314 e. The average molecular weight is 239 g/mol. The molecule has 0 N–H and O–H groups in total. The van der Waals surface area contributed by atoms with Crippen molar-refractivity contribution in [3.05, 3.63) is 46.6 Å². The van der Waals surface area contributed by atoms with Gasteiger partial charge >= 0.3 is 0 Å². The van der Waals surface area contributed by atoms with E-state index in [0.29, 0.717) is 19.0 Å². The molecule has 0 unspecified atom stereocenters. The Labute approximate surface area is 97.3 Å². The number of hydrogen-bond donors (Lipinski definition) is 0. The predicted octanol–water partition coefficient (Wildman–Crippen LogP) is 0.879. The quantitative estimate of drug-likeness (QED) is 0.743. The number of rotatable bonds is 4. The van der Waals surface area contributed by atoms with Crippen LogP contribution in [0.25, 0.3) is 0 Å². The lowest BCUT2D eigenvalue weighted by Crippen LogP contribution is -2.20. The van der Waals surface area contributed by atoms with E-state index in [9.17, 15) is 4.79 Å². The van der Waals surface area contributed by atoms with Crippen molar-refractivity contribution in [3.63, 3.8) is 0 Å². The molecule has 2 aromatic heterocycles. The van der Waals surface area contributed by atoms with Crippen molar-refractivity contribution in [2.24, 2.45) is 0 Å². The van der Waals surface area contributed by atoms with Gasteiger partial charge < -0.3 is 4.57 Å². The number of aryl methyl sites for hydroxylation is 2. The van der Waals surface area contributed by atoms with Crippen molar-refractivity contribution in [1.82, 2.24) is 19.6 Å². The summed E-state index contributed by atoms with van der Waals surface area (Å²) in [5.74, 6) is 0.352. The van der Waals surface area contributed by atoms with Gasteiger partial charge in [0.2, 0.25) is 0 Å².